The van der Waals surface area contributed by atoms with Crippen LogP contribution in [0, 0.1) is 0 Å². The summed E-state index contributed by atoms with van der Waals surface area (Å²) >= 11 is 0. The summed E-state index contributed by atoms with van der Waals surface area (Å²) in [6.45, 7) is 1.38. The summed E-state index contributed by atoms with van der Waals surface area (Å²) < 4.78 is 0. The van der Waals surface area contributed by atoms with Crippen molar-refractivity contribution in [3.63, 3.8) is 0 Å². The molecule has 0 bridgehead atoms. The summed E-state index contributed by atoms with van der Waals surface area (Å²) in [7, 11) is 0. The average molecular weight is 303 g/mol. The Morgan fingerprint density at radius 1 is 0.870 bits per heavy atom. The lowest BCUT2D eigenvalue weighted by molar-refractivity contribution is 0.852. The fourth-order valence-electron chi connectivity index (χ4n) is 2.65. The molecule has 0 aliphatic carbocycles. The molecule has 0 radical (unpaired) electrons. The normalized spacial score (nSPS) is 11.6. The summed E-state index contributed by atoms with van der Waals surface area (Å²) in [5.74, 6) is 0.495. The second-order valence-electron chi connectivity index (χ2n) is 5.50. The largest absolute Gasteiger partial charge is 0.370 e. The van der Waals surface area contributed by atoms with Gasteiger partial charge in [-0.2, -0.15) is 0 Å². The highest BCUT2D eigenvalue weighted by atomic mass is 15.1. The van der Waals surface area contributed by atoms with Crippen LogP contribution in [-0.2, 0) is 13.0 Å². The number of nitrogens with one attached hydrogen (secondary N) is 1. The van der Waals surface area contributed by atoms with E-state index in [-0.39, 0.29) is 0 Å². The summed E-state index contributed by atoms with van der Waals surface area (Å²) in [4.78, 5) is 4.37. The van der Waals surface area contributed by atoms with Crippen LogP contribution in [0.15, 0.2) is 77.8 Å². The first-order valence-electron chi connectivity index (χ1n) is 7.87. The minimum absolute atomic E-state index is 0.495. The lowest BCUT2D eigenvalue weighted by Gasteiger charge is -2.08. The van der Waals surface area contributed by atoms with E-state index in [1.54, 1.807) is 0 Å². The molecule has 3 rings (SSSR count). The Hall–Kier alpha value is -2.81. The lowest BCUT2D eigenvalue weighted by atomic mass is 10.0. The van der Waals surface area contributed by atoms with Crippen LogP contribution in [0.25, 0.3) is 10.8 Å². The topological polar surface area (TPSA) is 50.4 Å². The van der Waals surface area contributed by atoms with Gasteiger partial charge in [0.15, 0.2) is 5.96 Å². The third kappa shape index (κ3) is 4.10. The van der Waals surface area contributed by atoms with E-state index in [0.29, 0.717) is 12.5 Å². The number of nitrogens with zero attached hydrogens (tertiary/aromatic N) is 1. The van der Waals surface area contributed by atoms with Crippen molar-refractivity contribution in [1.82, 2.24) is 5.32 Å². The van der Waals surface area contributed by atoms with Crippen LogP contribution in [0.5, 0.6) is 0 Å². The van der Waals surface area contributed by atoms with Gasteiger partial charge in [0, 0.05) is 6.54 Å². The molecule has 0 saturated heterocycles. The molecule has 0 saturated carbocycles. The zero-order valence-electron chi connectivity index (χ0n) is 13.1. The van der Waals surface area contributed by atoms with Gasteiger partial charge in [0.2, 0.25) is 0 Å². The first kappa shape index (κ1) is 15.1. The number of benzene rings is 3. The highest BCUT2D eigenvalue weighted by molar-refractivity contribution is 5.85. The molecule has 23 heavy (non-hydrogen) atoms. The molecule has 3 nitrogen and oxygen atoms in total. The summed E-state index contributed by atoms with van der Waals surface area (Å²) in [5.41, 5.74) is 8.42. The summed E-state index contributed by atoms with van der Waals surface area (Å²) in [5, 5.41) is 5.77. The van der Waals surface area contributed by atoms with Crippen molar-refractivity contribution >= 4 is 16.7 Å². The van der Waals surface area contributed by atoms with Gasteiger partial charge in [-0.3, -0.25) is 0 Å². The number of rotatable bonds is 5. The van der Waals surface area contributed by atoms with E-state index >= 15 is 0 Å². The predicted molar refractivity (Wildman–Crippen MR) is 97.4 cm³/mol. The van der Waals surface area contributed by atoms with Gasteiger partial charge in [0.25, 0.3) is 0 Å². The van der Waals surface area contributed by atoms with Crippen LogP contribution in [0.1, 0.15) is 11.1 Å². The van der Waals surface area contributed by atoms with E-state index in [1.165, 1.54) is 16.3 Å². The second kappa shape index (κ2) is 7.45. The zero-order chi connectivity index (χ0) is 15.9. The van der Waals surface area contributed by atoms with Gasteiger partial charge in [-0.05, 0) is 28.3 Å². The number of guanidine groups is 1. The van der Waals surface area contributed by atoms with Crippen LogP contribution in [0.4, 0.5) is 0 Å². The Balaban J connectivity index is 1.56. The van der Waals surface area contributed by atoms with E-state index in [9.17, 15) is 0 Å². The van der Waals surface area contributed by atoms with Gasteiger partial charge >= 0.3 is 0 Å². The first-order valence-corrected chi connectivity index (χ1v) is 7.87. The van der Waals surface area contributed by atoms with Crippen LogP contribution < -0.4 is 11.1 Å². The molecule has 0 heterocycles. The molecule has 3 heteroatoms. The standard InChI is InChI=1S/C20H21N3/c21-20(23-15-16-7-2-1-3-8-16)22-14-13-18-11-6-10-17-9-4-5-12-19(17)18/h1-12H,13-15H2,(H3,21,22,23). The Kier molecular flexibility index (Phi) is 4.89. The van der Waals surface area contributed by atoms with Crippen molar-refractivity contribution in [3.05, 3.63) is 83.9 Å². The van der Waals surface area contributed by atoms with Crippen LogP contribution in [-0.4, -0.2) is 12.5 Å². The maximum Gasteiger partial charge on any atom is 0.188 e. The van der Waals surface area contributed by atoms with Crippen molar-refractivity contribution in [2.75, 3.05) is 6.54 Å². The highest BCUT2D eigenvalue weighted by Crippen LogP contribution is 2.18. The molecule has 0 amide bonds. The molecular weight excluding hydrogens is 282 g/mol. The van der Waals surface area contributed by atoms with Gasteiger partial charge in [-0.1, -0.05) is 72.8 Å². The molecule has 3 aromatic carbocycles. The third-order valence-electron chi connectivity index (χ3n) is 3.86. The van der Waals surface area contributed by atoms with Crippen LogP contribution in [0.3, 0.4) is 0 Å². The smallest absolute Gasteiger partial charge is 0.188 e. The monoisotopic (exact) mass is 303 g/mol. The minimum atomic E-state index is 0.495. The molecule has 0 spiro atoms. The predicted octanol–water partition coefficient (Wildman–Crippen LogP) is 3.49. The minimum Gasteiger partial charge on any atom is -0.370 e. The highest BCUT2D eigenvalue weighted by Gasteiger charge is 2.00. The Morgan fingerprint density at radius 3 is 2.48 bits per heavy atom. The van der Waals surface area contributed by atoms with Gasteiger partial charge in [0.05, 0.1) is 6.54 Å². The maximum atomic E-state index is 5.94. The Bertz CT molecular complexity index is 789. The van der Waals surface area contributed by atoms with Crippen molar-refractivity contribution < 1.29 is 0 Å². The Morgan fingerprint density at radius 2 is 1.61 bits per heavy atom. The zero-order valence-corrected chi connectivity index (χ0v) is 13.1. The van der Waals surface area contributed by atoms with E-state index in [1.807, 2.05) is 30.3 Å². The maximum absolute atomic E-state index is 5.94. The fourth-order valence-corrected chi connectivity index (χ4v) is 2.65. The van der Waals surface area contributed by atoms with Crippen LogP contribution >= 0.6 is 0 Å². The molecule has 3 N–H and O–H groups in total. The third-order valence-corrected chi connectivity index (χ3v) is 3.86. The van der Waals surface area contributed by atoms with Gasteiger partial charge < -0.3 is 11.1 Å². The van der Waals surface area contributed by atoms with Crippen molar-refractivity contribution in [2.45, 2.75) is 13.0 Å². The van der Waals surface area contributed by atoms with Crippen molar-refractivity contribution in [3.8, 4) is 0 Å². The SMILES string of the molecule is NC(=NCc1ccccc1)NCCc1cccc2ccccc12. The second-order valence-corrected chi connectivity index (χ2v) is 5.50. The number of aliphatic imine (C=N–C) groups is 1. The number of hydrogen-bond acceptors (Lipinski definition) is 1. The van der Waals surface area contributed by atoms with Gasteiger partial charge in [0.1, 0.15) is 0 Å². The molecular formula is C20H21N3. The molecule has 0 aliphatic rings. The number of hydrogen-bond donors (Lipinski definition) is 2. The van der Waals surface area contributed by atoms with Crippen molar-refractivity contribution in [1.29, 1.82) is 0 Å². The molecule has 0 unspecified atom stereocenters. The molecule has 116 valence electrons. The molecule has 0 fully saturated rings. The summed E-state index contributed by atoms with van der Waals surface area (Å²) in [6, 6.07) is 25.0. The molecule has 3 aromatic rings. The lowest BCUT2D eigenvalue weighted by Crippen LogP contribution is -2.33. The summed E-state index contributed by atoms with van der Waals surface area (Å²) in [6.07, 6.45) is 0.920. The molecule has 0 aromatic heterocycles. The first-order chi connectivity index (χ1) is 11.3. The van der Waals surface area contributed by atoms with E-state index in [0.717, 1.165) is 18.5 Å². The van der Waals surface area contributed by atoms with Crippen LogP contribution in [0.2, 0.25) is 0 Å². The Labute approximate surface area is 136 Å². The van der Waals surface area contributed by atoms with E-state index < -0.39 is 0 Å². The van der Waals surface area contributed by atoms with Gasteiger partial charge in [-0.25, -0.2) is 4.99 Å². The van der Waals surface area contributed by atoms with E-state index in [2.05, 4.69) is 52.8 Å². The quantitative estimate of drug-likeness (QED) is 0.560. The molecule has 0 atom stereocenters. The molecule has 0 aliphatic heterocycles. The fraction of sp³-hybridized carbons (Fsp3) is 0.150. The van der Waals surface area contributed by atoms with Gasteiger partial charge in [-0.15, -0.1) is 0 Å². The number of nitrogens with two attached hydrogens (primary N) is 1. The van der Waals surface area contributed by atoms with Crippen molar-refractivity contribution in [2.24, 2.45) is 10.7 Å². The number of fused-ring (bicyclic) bond motifs is 1. The average Bonchev–Trinajstić information content (AvgIpc) is 2.61. The van der Waals surface area contributed by atoms with E-state index in [4.69, 9.17) is 5.73 Å².